The summed E-state index contributed by atoms with van der Waals surface area (Å²) in [5, 5.41) is 5.02. The van der Waals surface area contributed by atoms with Crippen LogP contribution in [0, 0.1) is 5.92 Å². The van der Waals surface area contributed by atoms with Crippen molar-refractivity contribution in [3.8, 4) is 0 Å². The van der Waals surface area contributed by atoms with Gasteiger partial charge in [0.05, 0.1) is 17.1 Å². The molecular formula is C20H19F3N2O4S. The van der Waals surface area contributed by atoms with Gasteiger partial charge in [-0.2, -0.15) is 13.2 Å². The van der Waals surface area contributed by atoms with Gasteiger partial charge >= 0.3 is 6.18 Å². The van der Waals surface area contributed by atoms with Gasteiger partial charge in [-0.25, -0.2) is 8.42 Å². The van der Waals surface area contributed by atoms with Gasteiger partial charge < -0.3 is 10.6 Å². The first-order valence-corrected chi connectivity index (χ1v) is 10.9. The van der Waals surface area contributed by atoms with E-state index in [1.54, 1.807) is 6.07 Å². The average Bonchev–Trinajstić information content (AvgIpc) is 2.99. The van der Waals surface area contributed by atoms with E-state index in [2.05, 4.69) is 10.6 Å². The van der Waals surface area contributed by atoms with Crippen molar-refractivity contribution in [2.24, 2.45) is 5.92 Å². The Balaban J connectivity index is 1.63. The molecule has 1 fully saturated rings. The van der Waals surface area contributed by atoms with Gasteiger partial charge in [0.2, 0.25) is 5.91 Å². The summed E-state index contributed by atoms with van der Waals surface area (Å²) in [5.74, 6) is -1.17. The molecule has 1 unspecified atom stereocenters. The molecule has 1 saturated heterocycles. The number of hydrogen-bond acceptors (Lipinski definition) is 4. The maximum absolute atomic E-state index is 12.8. The molecule has 10 heteroatoms. The van der Waals surface area contributed by atoms with Crippen molar-refractivity contribution < 1.29 is 31.2 Å². The number of hydrogen-bond donors (Lipinski definition) is 2. The minimum absolute atomic E-state index is 0.00768. The SMILES string of the molecule is O=C(CC1CCS(=O)(=O)C1)Nc1cccc(C(=O)Nc2cccc(C(F)(F)F)c2)c1. The number of carbonyl (C=O) groups excluding carboxylic acids is 2. The fraction of sp³-hybridized carbons (Fsp3) is 0.300. The van der Waals surface area contributed by atoms with Crippen LogP contribution in [0.1, 0.15) is 28.8 Å². The van der Waals surface area contributed by atoms with Crippen molar-refractivity contribution in [3.05, 3.63) is 59.7 Å². The molecule has 0 bridgehead atoms. The molecule has 3 rings (SSSR count). The Morgan fingerprint density at radius 1 is 1.00 bits per heavy atom. The topological polar surface area (TPSA) is 92.3 Å². The molecule has 0 radical (unpaired) electrons. The van der Waals surface area contributed by atoms with Crippen molar-refractivity contribution in [2.45, 2.75) is 19.0 Å². The molecule has 2 amide bonds. The van der Waals surface area contributed by atoms with E-state index in [1.165, 1.54) is 30.3 Å². The van der Waals surface area contributed by atoms with Crippen molar-refractivity contribution in [1.82, 2.24) is 0 Å². The normalized spacial score (nSPS) is 18.0. The molecule has 2 N–H and O–H groups in total. The van der Waals surface area contributed by atoms with Crippen LogP contribution in [-0.2, 0) is 20.8 Å². The van der Waals surface area contributed by atoms with Crippen LogP contribution in [0.3, 0.4) is 0 Å². The molecule has 0 aliphatic carbocycles. The molecular weight excluding hydrogens is 421 g/mol. The van der Waals surface area contributed by atoms with Gasteiger partial charge in [-0.3, -0.25) is 9.59 Å². The highest BCUT2D eigenvalue weighted by atomic mass is 32.2. The molecule has 2 aromatic carbocycles. The van der Waals surface area contributed by atoms with Crippen LogP contribution >= 0.6 is 0 Å². The minimum Gasteiger partial charge on any atom is -0.326 e. The van der Waals surface area contributed by atoms with E-state index in [-0.39, 0.29) is 41.0 Å². The van der Waals surface area contributed by atoms with Crippen LogP contribution in [0.25, 0.3) is 0 Å². The average molecular weight is 440 g/mol. The third kappa shape index (κ3) is 5.82. The van der Waals surface area contributed by atoms with Gasteiger partial charge in [-0.05, 0) is 48.7 Å². The van der Waals surface area contributed by atoms with Gasteiger partial charge in [-0.1, -0.05) is 12.1 Å². The summed E-state index contributed by atoms with van der Waals surface area (Å²) >= 11 is 0. The summed E-state index contributed by atoms with van der Waals surface area (Å²) in [6.45, 7) is 0. The Labute approximate surface area is 171 Å². The summed E-state index contributed by atoms with van der Waals surface area (Å²) in [4.78, 5) is 24.6. The molecule has 0 saturated carbocycles. The summed E-state index contributed by atoms with van der Waals surface area (Å²) < 4.78 is 61.4. The first-order chi connectivity index (χ1) is 14.0. The largest absolute Gasteiger partial charge is 0.416 e. The Kier molecular flexibility index (Phi) is 6.16. The number of sulfone groups is 1. The molecule has 1 atom stereocenters. The maximum Gasteiger partial charge on any atom is 0.416 e. The predicted octanol–water partition coefficient (Wildman–Crippen LogP) is 3.72. The third-order valence-electron chi connectivity index (χ3n) is 4.66. The summed E-state index contributed by atoms with van der Waals surface area (Å²) in [7, 11) is -3.08. The monoisotopic (exact) mass is 440 g/mol. The number of benzene rings is 2. The number of halogens is 3. The van der Waals surface area contributed by atoms with Crippen molar-refractivity contribution >= 4 is 33.0 Å². The molecule has 30 heavy (non-hydrogen) atoms. The molecule has 6 nitrogen and oxygen atoms in total. The van der Waals surface area contributed by atoms with Crippen LogP contribution in [0.2, 0.25) is 0 Å². The van der Waals surface area contributed by atoms with Crippen LogP contribution in [0.15, 0.2) is 48.5 Å². The maximum atomic E-state index is 12.8. The Bertz CT molecular complexity index is 1070. The fourth-order valence-electron chi connectivity index (χ4n) is 3.22. The summed E-state index contributed by atoms with van der Waals surface area (Å²) in [6, 6.07) is 10.2. The summed E-state index contributed by atoms with van der Waals surface area (Å²) in [6.07, 6.45) is -4.03. The second kappa shape index (κ2) is 8.47. The zero-order valence-electron chi connectivity index (χ0n) is 15.7. The van der Waals surface area contributed by atoms with Gasteiger partial charge in [0.25, 0.3) is 5.91 Å². The Morgan fingerprint density at radius 3 is 2.30 bits per heavy atom. The van der Waals surface area contributed by atoms with Gasteiger partial charge in [0, 0.05) is 23.4 Å². The van der Waals surface area contributed by atoms with E-state index in [0.29, 0.717) is 12.1 Å². The van der Waals surface area contributed by atoms with Crippen LogP contribution < -0.4 is 10.6 Å². The zero-order chi connectivity index (χ0) is 21.9. The quantitative estimate of drug-likeness (QED) is 0.741. The summed E-state index contributed by atoms with van der Waals surface area (Å²) in [5.41, 5.74) is -0.409. The Hall–Kier alpha value is -2.88. The lowest BCUT2D eigenvalue weighted by atomic mass is 10.0. The first-order valence-electron chi connectivity index (χ1n) is 9.11. The number of amides is 2. The van der Waals surface area contributed by atoms with Crippen molar-refractivity contribution in [2.75, 3.05) is 22.1 Å². The predicted molar refractivity (Wildman–Crippen MR) is 106 cm³/mol. The van der Waals surface area contributed by atoms with E-state index in [0.717, 1.165) is 12.1 Å². The molecule has 2 aromatic rings. The van der Waals surface area contributed by atoms with Crippen LogP contribution in [0.5, 0.6) is 0 Å². The smallest absolute Gasteiger partial charge is 0.326 e. The van der Waals surface area contributed by atoms with Crippen LogP contribution in [0.4, 0.5) is 24.5 Å². The lowest BCUT2D eigenvalue weighted by molar-refractivity contribution is -0.137. The minimum atomic E-state index is -4.52. The van der Waals surface area contributed by atoms with Gasteiger partial charge in [0.1, 0.15) is 0 Å². The molecule has 0 spiro atoms. The highest BCUT2D eigenvalue weighted by molar-refractivity contribution is 7.91. The van der Waals surface area contributed by atoms with E-state index in [1.807, 2.05) is 0 Å². The molecule has 1 aliphatic heterocycles. The lowest BCUT2D eigenvalue weighted by Gasteiger charge is -2.11. The molecule has 1 aliphatic rings. The standard InChI is InChI=1S/C20H19F3N2O4S/c21-20(22,23)15-4-2-6-17(11-15)25-19(27)14-3-1-5-16(10-14)24-18(26)9-13-7-8-30(28,29)12-13/h1-6,10-11,13H,7-9,12H2,(H,24,26)(H,25,27). The van der Waals surface area contributed by atoms with E-state index in [4.69, 9.17) is 0 Å². The molecule has 160 valence electrons. The zero-order valence-corrected chi connectivity index (χ0v) is 16.5. The number of rotatable bonds is 5. The van der Waals surface area contributed by atoms with E-state index < -0.39 is 27.5 Å². The third-order valence-corrected chi connectivity index (χ3v) is 6.49. The van der Waals surface area contributed by atoms with E-state index in [9.17, 15) is 31.2 Å². The number of anilines is 2. The Morgan fingerprint density at radius 2 is 1.67 bits per heavy atom. The highest BCUT2D eigenvalue weighted by Crippen LogP contribution is 2.30. The van der Waals surface area contributed by atoms with Gasteiger partial charge in [0.15, 0.2) is 9.84 Å². The van der Waals surface area contributed by atoms with Crippen molar-refractivity contribution in [1.29, 1.82) is 0 Å². The number of nitrogens with one attached hydrogen (secondary N) is 2. The first kappa shape index (κ1) is 21.8. The van der Waals surface area contributed by atoms with Crippen molar-refractivity contribution in [3.63, 3.8) is 0 Å². The van der Waals surface area contributed by atoms with Gasteiger partial charge in [-0.15, -0.1) is 0 Å². The molecule has 1 heterocycles. The van der Waals surface area contributed by atoms with Crippen LogP contribution in [-0.4, -0.2) is 31.7 Å². The fourth-order valence-corrected chi connectivity index (χ4v) is 5.08. The second-order valence-corrected chi connectivity index (χ2v) is 9.36. The molecule has 0 aromatic heterocycles. The lowest BCUT2D eigenvalue weighted by Crippen LogP contribution is -2.18. The number of alkyl halides is 3. The number of carbonyl (C=O) groups is 2. The second-order valence-electron chi connectivity index (χ2n) is 7.13. The van der Waals surface area contributed by atoms with E-state index >= 15 is 0 Å². The highest BCUT2D eigenvalue weighted by Gasteiger charge is 2.31.